The van der Waals surface area contributed by atoms with Crippen molar-refractivity contribution in [2.45, 2.75) is 45.6 Å². The second-order valence-electron chi connectivity index (χ2n) is 8.93. The molecule has 0 spiro atoms. The monoisotopic (exact) mass is 414 g/mol. The second kappa shape index (κ2) is 8.45. The molecule has 0 aromatic carbocycles. The number of piperidine rings is 1. The fraction of sp³-hybridized carbons (Fsp3) is 0.545. The van der Waals surface area contributed by atoms with Crippen molar-refractivity contribution in [1.29, 1.82) is 0 Å². The molecule has 30 heavy (non-hydrogen) atoms. The highest BCUT2D eigenvalue weighted by molar-refractivity contribution is 5.96. The van der Waals surface area contributed by atoms with E-state index >= 15 is 0 Å². The molecule has 1 aliphatic heterocycles. The number of pyridine rings is 1. The maximum atomic E-state index is 13.0. The maximum Gasteiger partial charge on any atom is 0.266 e. The first kappa shape index (κ1) is 21.8. The van der Waals surface area contributed by atoms with Gasteiger partial charge in [0.25, 0.3) is 17.0 Å². The zero-order chi connectivity index (χ0) is 22.1. The number of methoxy groups -OCH3 is 1. The molecule has 0 saturated carbocycles. The predicted molar refractivity (Wildman–Crippen MR) is 114 cm³/mol. The zero-order valence-corrected chi connectivity index (χ0v) is 18.3. The predicted octanol–water partition coefficient (Wildman–Crippen LogP) is 1.80. The molecule has 162 valence electrons. The molecule has 2 aromatic rings. The number of ether oxygens (including phenoxy) is 1. The van der Waals surface area contributed by atoms with Crippen LogP contribution >= 0.6 is 0 Å². The number of carbonyl (C=O) groups excluding carboxylic acids is 1. The lowest BCUT2D eigenvalue weighted by Crippen LogP contribution is -2.41. The normalized spacial score (nSPS) is 15.3. The van der Waals surface area contributed by atoms with Gasteiger partial charge in [-0.15, -0.1) is 0 Å². The van der Waals surface area contributed by atoms with Gasteiger partial charge in [0.2, 0.25) is 0 Å². The van der Waals surface area contributed by atoms with Crippen LogP contribution in [0.4, 0.5) is 0 Å². The van der Waals surface area contributed by atoms with Crippen molar-refractivity contribution in [2.75, 3.05) is 20.2 Å². The van der Waals surface area contributed by atoms with Gasteiger partial charge in [0, 0.05) is 50.4 Å². The van der Waals surface area contributed by atoms with E-state index in [1.165, 1.54) is 23.9 Å². The van der Waals surface area contributed by atoms with Gasteiger partial charge in [-0.3, -0.25) is 14.4 Å². The first-order chi connectivity index (χ1) is 14.1. The molecule has 3 rings (SSSR count). The Labute approximate surface area is 176 Å². The van der Waals surface area contributed by atoms with Crippen LogP contribution in [0.5, 0.6) is 5.75 Å². The lowest BCUT2D eigenvalue weighted by atomic mass is 9.92. The largest absolute Gasteiger partial charge is 0.496 e. The van der Waals surface area contributed by atoms with Crippen LogP contribution in [-0.2, 0) is 19.0 Å². The molecule has 2 aromatic heterocycles. The average Bonchev–Trinajstić information content (AvgIpc) is 2.70. The Bertz CT molecular complexity index is 1040. The van der Waals surface area contributed by atoms with Gasteiger partial charge in [0.05, 0.1) is 18.4 Å². The summed E-state index contributed by atoms with van der Waals surface area (Å²) in [6, 6.07) is 4.71. The molecule has 8 nitrogen and oxygen atoms in total. The lowest BCUT2D eigenvalue weighted by Gasteiger charge is -2.32. The van der Waals surface area contributed by atoms with Crippen LogP contribution in [0, 0.1) is 5.92 Å². The number of hydrogen-bond donors (Lipinski definition) is 0. The Kier molecular flexibility index (Phi) is 6.14. The molecular weight excluding hydrogens is 384 g/mol. The van der Waals surface area contributed by atoms with Gasteiger partial charge >= 0.3 is 0 Å². The summed E-state index contributed by atoms with van der Waals surface area (Å²) >= 11 is 0. The fourth-order valence-corrected chi connectivity index (χ4v) is 3.66. The molecule has 1 saturated heterocycles. The van der Waals surface area contributed by atoms with E-state index in [-0.39, 0.29) is 28.4 Å². The molecule has 0 N–H and O–H groups in total. The number of carbonyl (C=O) groups is 1. The van der Waals surface area contributed by atoms with Crippen molar-refractivity contribution in [3.8, 4) is 5.75 Å². The maximum absolute atomic E-state index is 13.0. The van der Waals surface area contributed by atoms with Crippen molar-refractivity contribution >= 4 is 5.91 Å². The minimum absolute atomic E-state index is 0.101. The zero-order valence-electron chi connectivity index (χ0n) is 18.3. The molecule has 0 unspecified atom stereocenters. The standard InChI is InChI=1S/C22H30N4O4/c1-22(2,3)18-6-7-19(27)26(23-18)13-15-8-10-25(11-9-15)21(29)16-14-24(4)20(28)12-17(16)30-5/h6-7,12,14-15H,8-11,13H2,1-5H3. The highest BCUT2D eigenvalue weighted by Gasteiger charge is 2.27. The SMILES string of the molecule is COc1cc(=O)n(C)cc1C(=O)N1CCC(Cn2nc(C(C)(C)C)ccc2=O)CC1. The van der Waals surface area contributed by atoms with Crippen LogP contribution in [0.2, 0.25) is 0 Å². The Hall–Kier alpha value is -2.90. The first-order valence-electron chi connectivity index (χ1n) is 10.2. The summed E-state index contributed by atoms with van der Waals surface area (Å²) in [5.41, 5.74) is 0.819. The topological polar surface area (TPSA) is 86.4 Å². The minimum Gasteiger partial charge on any atom is -0.496 e. The van der Waals surface area contributed by atoms with Crippen LogP contribution < -0.4 is 15.9 Å². The molecular formula is C22H30N4O4. The van der Waals surface area contributed by atoms with Gasteiger partial charge < -0.3 is 14.2 Å². The lowest BCUT2D eigenvalue weighted by molar-refractivity contribution is 0.0676. The molecule has 3 heterocycles. The van der Waals surface area contributed by atoms with E-state index in [4.69, 9.17) is 4.74 Å². The third-order valence-electron chi connectivity index (χ3n) is 5.61. The molecule has 1 aliphatic rings. The smallest absolute Gasteiger partial charge is 0.266 e. The van der Waals surface area contributed by atoms with Gasteiger partial charge in [0.1, 0.15) is 5.75 Å². The van der Waals surface area contributed by atoms with Gasteiger partial charge in [0.15, 0.2) is 0 Å². The van der Waals surface area contributed by atoms with Crippen LogP contribution in [0.15, 0.2) is 34.0 Å². The number of aryl methyl sites for hydroxylation is 1. The van der Waals surface area contributed by atoms with Crippen LogP contribution in [0.3, 0.4) is 0 Å². The van der Waals surface area contributed by atoms with Crippen molar-refractivity contribution in [2.24, 2.45) is 13.0 Å². The molecule has 8 heteroatoms. The van der Waals surface area contributed by atoms with E-state index in [9.17, 15) is 14.4 Å². The van der Waals surface area contributed by atoms with Crippen molar-refractivity contribution in [1.82, 2.24) is 19.2 Å². The summed E-state index contributed by atoms with van der Waals surface area (Å²) in [6.07, 6.45) is 3.10. The molecule has 0 aliphatic carbocycles. The van der Waals surface area contributed by atoms with Crippen LogP contribution in [0.1, 0.15) is 49.7 Å². The Morgan fingerprint density at radius 2 is 1.83 bits per heavy atom. The highest BCUT2D eigenvalue weighted by Crippen LogP contribution is 2.24. The quantitative estimate of drug-likeness (QED) is 0.762. The van der Waals surface area contributed by atoms with E-state index < -0.39 is 0 Å². The number of rotatable bonds is 4. The Balaban J connectivity index is 1.69. The average molecular weight is 415 g/mol. The van der Waals surface area contributed by atoms with Gasteiger partial charge in [-0.1, -0.05) is 20.8 Å². The summed E-state index contributed by atoms with van der Waals surface area (Å²) in [5, 5.41) is 4.55. The summed E-state index contributed by atoms with van der Waals surface area (Å²) in [7, 11) is 3.06. The Morgan fingerprint density at radius 1 is 1.17 bits per heavy atom. The summed E-state index contributed by atoms with van der Waals surface area (Å²) in [4.78, 5) is 38.8. The first-order valence-corrected chi connectivity index (χ1v) is 10.2. The van der Waals surface area contributed by atoms with Gasteiger partial charge in [-0.25, -0.2) is 4.68 Å². The minimum atomic E-state index is -0.225. The van der Waals surface area contributed by atoms with Gasteiger partial charge in [-0.05, 0) is 24.8 Å². The highest BCUT2D eigenvalue weighted by atomic mass is 16.5. The van der Waals surface area contributed by atoms with E-state index in [0.29, 0.717) is 30.9 Å². The van der Waals surface area contributed by atoms with E-state index in [0.717, 1.165) is 18.5 Å². The van der Waals surface area contributed by atoms with Crippen molar-refractivity contribution in [3.63, 3.8) is 0 Å². The fourth-order valence-electron chi connectivity index (χ4n) is 3.66. The number of aromatic nitrogens is 3. The number of amides is 1. The Morgan fingerprint density at radius 3 is 2.43 bits per heavy atom. The molecule has 0 atom stereocenters. The van der Waals surface area contributed by atoms with Crippen molar-refractivity contribution in [3.05, 3.63) is 56.4 Å². The van der Waals surface area contributed by atoms with Crippen LogP contribution in [0.25, 0.3) is 0 Å². The molecule has 0 radical (unpaired) electrons. The number of nitrogens with zero attached hydrogens (tertiary/aromatic N) is 4. The van der Waals surface area contributed by atoms with Crippen molar-refractivity contribution < 1.29 is 9.53 Å². The molecule has 1 amide bonds. The van der Waals surface area contributed by atoms with Gasteiger partial charge in [-0.2, -0.15) is 5.10 Å². The van der Waals surface area contributed by atoms with Crippen LogP contribution in [-0.4, -0.2) is 45.4 Å². The third-order valence-corrected chi connectivity index (χ3v) is 5.61. The molecule has 0 bridgehead atoms. The number of hydrogen-bond acceptors (Lipinski definition) is 5. The second-order valence-corrected chi connectivity index (χ2v) is 8.93. The summed E-state index contributed by atoms with van der Waals surface area (Å²) in [6.45, 7) is 7.94. The van der Waals surface area contributed by atoms with E-state index in [1.807, 2.05) is 0 Å². The van der Waals surface area contributed by atoms with E-state index in [1.54, 1.807) is 28.8 Å². The third kappa shape index (κ3) is 4.63. The summed E-state index contributed by atoms with van der Waals surface area (Å²) < 4.78 is 8.17. The van der Waals surface area contributed by atoms with E-state index in [2.05, 4.69) is 25.9 Å². The molecule has 1 fully saturated rings. The summed E-state index contributed by atoms with van der Waals surface area (Å²) in [5.74, 6) is 0.419. The number of likely N-dealkylation sites (tertiary alicyclic amines) is 1.